The Labute approximate surface area is 129 Å². The van der Waals surface area contributed by atoms with E-state index in [0.717, 1.165) is 12.8 Å². The minimum atomic E-state index is -0.647. The van der Waals surface area contributed by atoms with Gasteiger partial charge in [0.1, 0.15) is 0 Å². The fraction of sp³-hybridized carbons (Fsp3) is 0.438. The molecule has 1 aromatic rings. The molecule has 0 saturated carbocycles. The first-order chi connectivity index (χ1) is 10.5. The summed E-state index contributed by atoms with van der Waals surface area (Å²) in [5.74, 6) is -1.03. The number of carbonyl (C=O) groups excluding carboxylic acids is 3. The molecule has 0 aliphatic carbocycles. The van der Waals surface area contributed by atoms with Gasteiger partial charge in [-0.15, -0.1) is 0 Å². The number of hydrogen-bond donors (Lipinski definition) is 2. The van der Waals surface area contributed by atoms with Gasteiger partial charge in [-0.3, -0.25) is 19.3 Å². The average molecular weight is 304 g/mol. The van der Waals surface area contributed by atoms with Crippen molar-refractivity contribution in [2.24, 2.45) is 0 Å². The van der Waals surface area contributed by atoms with Crippen molar-refractivity contribution < 1.29 is 19.5 Å². The van der Waals surface area contributed by atoms with Crippen molar-refractivity contribution in [2.75, 3.05) is 13.1 Å². The van der Waals surface area contributed by atoms with E-state index >= 15 is 0 Å². The van der Waals surface area contributed by atoms with Gasteiger partial charge in [-0.05, 0) is 31.5 Å². The minimum absolute atomic E-state index is 0.130. The monoisotopic (exact) mass is 304 g/mol. The van der Waals surface area contributed by atoms with Gasteiger partial charge >= 0.3 is 0 Å². The van der Waals surface area contributed by atoms with Crippen molar-refractivity contribution in [1.29, 1.82) is 0 Å². The van der Waals surface area contributed by atoms with Gasteiger partial charge in [0.05, 0.1) is 17.2 Å². The van der Waals surface area contributed by atoms with E-state index in [4.69, 9.17) is 0 Å². The largest absolute Gasteiger partial charge is 0.392 e. The first-order valence-corrected chi connectivity index (χ1v) is 7.42. The zero-order chi connectivity index (χ0) is 16.3. The third-order valence-electron chi connectivity index (χ3n) is 3.53. The van der Waals surface area contributed by atoms with Crippen LogP contribution in [0.4, 0.5) is 0 Å². The van der Waals surface area contributed by atoms with Crippen LogP contribution in [0.5, 0.6) is 0 Å². The molecule has 0 saturated heterocycles. The summed E-state index contributed by atoms with van der Waals surface area (Å²) < 4.78 is 0. The van der Waals surface area contributed by atoms with E-state index < -0.39 is 6.10 Å². The first kappa shape index (κ1) is 16.2. The zero-order valence-corrected chi connectivity index (χ0v) is 12.8. The number of benzene rings is 1. The summed E-state index contributed by atoms with van der Waals surface area (Å²) in [6, 6.07) is 4.47. The summed E-state index contributed by atoms with van der Waals surface area (Å²) in [6.45, 7) is 4.08. The predicted molar refractivity (Wildman–Crippen MR) is 80.7 cm³/mol. The molecular formula is C16H20N2O4. The average Bonchev–Trinajstić information content (AvgIpc) is 2.74. The highest BCUT2D eigenvalue weighted by Crippen LogP contribution is 2.24. The second-order valence-corrected chi connectivity index (χ2v) is 5.43. The summed E-state index contributed by atoms with van der Waals surface area (Å²) >= 11 is 0. The van der Waals surface area contributed by atoms with Gasteiger partial charge in [0.2, 0.25) is 0 Å². The Morgan fingerprint density at radius 3 is 2.59 bits per heavy atom. The van der Waals surface area contributed by atoms with Gasteiger partial charge in [-0.25, -0.2) is 0 Å². The molecule has 1 atom stereocenters. The molecule has 0 spiro atoms. The lowest BCUT2D eigenvalue weighted by molar-refractivity contribution is 0.0652. The Balaban J connectivity index is 2.20. The molecule has 118 valence electrons. The van der Waals surface area contributed by atoms with Crippen LogP contribution < -0.4 is 5.32 Å². The van der Waals surface area contributed by atoms with Crippen molar-refractivity contribution in [3.63, 3.8) is 0 Å². The number of aliphatic hydroxyl groups excluding tert-OH is 1. The van der Waals surface area contributed by atoms with Gasteiger partial charge in [0.25, 0.3) is 17.7 Å². The maximum Gasteiger partial charge on any atom is 0.261 e. The smallest absolute Gasteiger partial charge is 0.261 e. The molecule has 0 aromatic heterocycles. The maximum absolute atomic E-state index is 12.3. The van der Waals surface area contributed by atoms with E-state index in [-0.39, 0.29) is 29.8 Å². The van der Waals surface area contributed by atoms with Crippen molar-refractivity contribution in [3.8, 4) is 0 Å². The third-order valence-corrected chi connectivity index (χ3v) is 3.53. The fourth-order valence-corrected chi connectivity index (χ4v) is 2.29. The Hall–Kier alpha value is -2.21. The maximum atomic E-state index is 12.3. The lowest BCUT2D eigenvalue weighted by Crippen LogP contribution is -2.31. The van der Waals surface area contributed by atoms with Crippen molar-refractivity contribution in [2.45, 2.75) is 32.8 Å². The standard InChI is InChI=1S/C16H20N2O4/c1-3-4-7-18-15(21)12-6-5-11(8-13(12)16(18)22)14(20)17-9-10(2)19/h5-6,8,10,19H,3-4,7,9H2,1-2H3,(H,17,20). The number of hydrogen-bond acceptors (Lipinski definition) is 4. The summed E-state index contributed by atoms with van der Waals surface area (Å²) in [5, 5.41) is 11.7. The highest BCUT2D eigenvalue weighted by Gasteiger charge is 2.35. The molecule has 1 unspecified atom stereocenters. The number of unbranched alkanes of at least 4 members (excludes halogenated alkanes) is 1. The molecule has 1 aliphatic rings. The van der Waals surface area contributed by atoms with Crippen LogP contribution in [0.1, 0.15) is 57.8 Å². The summed E-state index contributed by atoms with van der Waals surface area (Å²) in [6.07, 6.45) is 0.999. The SMILES string of the molecule is CCCCN1C(=O)c2ccc(C(=O)NCC(C)O)cc2C1=O. The summed E-state index contributed by atoms with van der Waals surface area (Å²) in [4.78, 5) is 37.7. The Morgan fingerprint density at radius 2 is 1.95 bits per heavy atom. The molecule has 0 fully saturated rings. The van der Waals surface area contributed by atoms with E-state index in [2.05, 4.69) is 5.32 Å². The molecule has 1 heterocycles. The van der Waals surface area contributed by atoms with Crippen LogP contribution in [-0.4, -0.2) is 46.9 Å². The minimum Gasteiger partial charge on any atom is -0.392 e. The van der Waals surface area contributed by atoms with Crippen LogP contribution in [0.15, 0.2) is 18.2 Å². The third kappa shape index (κ3) is 3.17. The molecule has 0 radical (unpaired) electrons. The molecule has 1 aromatic carbocycles. The number of nitrogens with zero attached hydrogens (tertiary/aromatic N) is 1. The van der Waals surface area contributed by atoms with Crippen molar-refractivity contribution in [1.82, 2.24) is 10.2 Å². The molecule has 2 rings (SSSR count). The number of rotatable bonds is 6. The van der Waals surface area contributed by atoms with Gasteiger partial charge < -0.3 is 10.4 Å². The van der Waals surface area contributed by atoms with Crippen LogP contribution in [0.3, 0.4) is 0 Å². The van der Waals surface area contributed by atoms with E-state index in [9.17, 15) is 19.5 Å². The van der Waals surface area contributed by atoms with E-state index in [1.54, 1.807) is 6.92 Å². The fourth-order valence-electron chi connectivity index (χ4n) is 2.29. The van der Waals surface area contributed by atoms with E-state index in [0.29, 0.717) is 17.7 Å². The van der Waals surface area contributed by atoms with E-state index in [1.165, 1.54) is 23.1 Å². The molecular weight excluding hydrogens is 284 g/mol. The Kier molecular flexibility index (Phi) is 4.92. The molecule has 6 nitrogen and oxygen atoms in total. The second-order valence-electron chi connectivity index (χ2n) is 5.43. The summed E-state index contributed by atoms with van der Waals surface area (Å²) in [5.41, 5.74) is 0.914. The van der Waals surface area contributed by atoms with Crippen molar-refractivity contribution >= 4 is 17.7 Å². The van der Waals surface area contributed by atoms with Gasteiger partial charge in [0.15, 0.2) is 0 Å². The van der Waals surface area contributed by atoms with Gasteiger partial charge in [-0.1, -0.05) is 13.3 Å². The number of fused-ring (bicyclic) bond motifs is 1. The van der Waals surface area contributed by atoms with Crippen LogP contribution in [0, 0.1) is 0 Å². The number of nitrogens with one attached hydrogen (secondary N) is 1. The molecule has 2 N–H and O–H groups in total. The first-order valence-electron chi connectivity index (χ1n) is 7.42. The highest BCUT2D eigenvalue weighted by molar-refractivity contribution is 6.22. The van der Waals surface area contributed by atoms with Crippen LogP contribution in [-0.2, 0) is 0 Å². The second kappa shape index (κ2) is 6.70. The zero-order valence-electron chi connectivity index (χ0n) is 12.8. The molecule has 1 aliphatic heterocycles. The number of aliphatic hydroxyl groups is 1. The van der Waals surface area contributed by atoms with E-state index in [1.807, 2.05) is 6.92 Å². The number of amides is 3. The summed E-state index contributed by atoms with van der Waals surface area (Å²) in [7, 11) is 0. The molecule has 0 bridgehead atoms. The topological polar surface area (TPSA) is 86.7 Å². The number of carbonyl (C=O) groups is 3. The quantitative estimate of drug-likeness (QED) is 0.773. The molecule has 3 amide bonds. The van der Waals surface area contributed by atoms with Crippen LogP contribution >= 0.6 is 0 Å². The lowest BCUT2D eigenvalue weighted by Gasteiger charge is -2.12. The highest BCUT2D eigenvalue weighted by atomic mass is 16.3. The van der Waals surface area contributed by atoms with Crippen LogP contribution in [0.25, 0.3) is 0 Å². The Morgan fingerprint density at radius 1 is 1.27 bits per heavy atom. The van der Waals surface area contributed by atoms with Crippen LogP contribution in [0.2, 0.25) is 0 Å². The molecule has 6 heteroatoms. The van der Waals surface area contributed by atoms with Crippen molar-refractivity contribution in [3.05, 3.63) is 34.9 Å². The normalized spacial score (nSPS) is 15.0. The lowest BCUT2D eigenvalue weighted by atomic mass is 10.1. The number of imide groups is 1. The van der Waals surface area contributed by atoms with Gasteiger partial charge in [-0.2, -0.15) is 0 Å². The predicted octanol–water partition coefficient (Wildman–Crippen LogP) is 1.19. The van der Waals surface area contributed by atoms with Gasteiger partial charge in [0, 0.05) is 18.7 Å². The molecule has 22 heavy (non-hydrogen) atoms. The Bertz CT molecular complexity index is 610.